The molecule has 7 nitrogen and oxygen atoms in total. The van der Waals surface area contributed by atoms with Crippen LogP contribution in [0.3, 0.4) is 0 Å². The van der Waals surface area contributed by atoms with Gasteiger partial charge in [0.25, 0.3) is 5.56 Å². The maximum absolute atomic E-state index is 11.9. The van der Waals surface area contributed by atoms with Crippen LogP contribution in [0.4, 0.5) is 5.69 Å². The molecule has 0 spiro atoms. The number of hydrogen-bond donors (Lipinski definition) is 1. The number of nitrogens with one attached hydrogen (secondary N) is 1. The summed E-state index contributed by atoms with van der Waals surface area (Å²) in [5, 5.41) is 7.97. The second-order valence-electron chi connectivity index (χ2n) is 4.30. The van der Waals surface area contributed by atoms with Crippen molar-refractivity contribution in [2.24, 2.45) is 0 Å². The second-order valence-corrected chi connectivity index (χ2v) is 6.61. The zero-order valence-corrected chi connectivity index (χ0v) is 12.3. The van der Waals surface area contributed by atoms with E-state index in [1.165, 1.54) is 24.1 Å². The molecule has 1 aliphatic heterocycles. The van der Waals surface area contributed by atoms with Gasteiger partial charge in [0.2, 0.25) is 0 Å². The summed E-state index contributed by atoms with van der Waals surface area (Å²) in [6, 6.07) is -0.409. The van der Waals surface area contributed by atoms with Crippen molar-refractivity contribution in [1.82, 2.24) is 9.78 Å². The maximum Gasteiger partial charge on any atom is 0.287 e. The number of halogens is 1. The van der Waals surface area contributed by atoms with Gasteiger partial charge in [-0.15, -0.1) is 0 Å². The summed E-state index contributed by atoms with van der Waals surface area (Å²) in [4.78, 5) is 11.9. The number of ether oxygens (including phenoxy) is 1. The molecule has 0 bridgehead atoms. The minimum Gasteiger partial charge on any atom is -0.383 e. The highest BCUT2D eigenvalue weighted by Crippen LogP contribution is 2.19. The van der Waals surface area contributed by atoms with Crippen molar-refractivity contribution in [3.63, 3.8) is 0 Å². The zero-order chi connectivity index (χ0) is 14.8. The smallest absolute Gasteiger partial charge is 0.287 e. The van der Waals surface area contributed by atoms with Crippen molar-refractivity contribution < 1.29 is 13.2 Å². The molecule has 1 unspecified atom stereocenters. The van der Waals surface area contributed by atoms with E-state index < -0.39 is 21.4 Å². The minimum atomic E-state index is -3.17. The molecule has 1 aliphatic rings. The van der Waals surface area contributed by atoms with Crippen molar-refractivity contribution in [1.29, 1.82) is 0 Å². The van der Waals surface area contributed by atoms with Crippen LogP contribution < -0.4 is 10.9 Å². The van der Waals surface area contributed by atoms with Crippen LogP contribution in [0.5, 0.6) is 0 Å². The predicted octanol–water partition coefficient (Wildman–Crippen LogP) is 0.266. The Balaban J connectivity index is 2.16. The number of hydrogen-bond acceptors (Lipinski definition) is 6. The van der Waals surface area contributed by atoms with Crippen molar-refractivity contribution >= 4 is 27.1 Å². The average molecular weight is 320 g/mol. The molecule has 0 amide bonds. The fourth-order valence-electron chi connectivity index (χ4n) is 1.77. The number of sulfone groups is 1. The Bertz CT molecular complexity index is 683. The van der Waals surface area contributed by atoms with Crippen LogP contribution in [0.15, 0.2) is 22.5 Å². The molecule has 20 heavy (non-hydrogen) atoms. The molecular formula is C11H14ClN3O4S. The first-order chi connectivity index (χ1) is 9.43. The Labute approximate surface area is 121 Å². The van der Waals surface area contributed by atoms with Crippen LogP contribution >= 0.6 is 11.6 Å². The maximum atomic E-state index is 11.9. The van der Waals surface area contributed by atoms with Gasteiger partial charge in [-0.3, -0.25) is 4.79 Å². The number of rotatable bonds is 5. The van der Waals surface area contributed by atoms with Gasteiger partial charge in [0.1, 0.15) is 5.02 Å². The van der Waals surface area contributed by atoms with Crippen molar-refractivity contribution in [2.45, 2.75) is 12.6 Å². The molecule has 1 aromatic rings. The third kappa shape index (κ3) is 3.38. The average Bonchev–Trinajstić information content (AvgIpc) is 2.74. The Morgan fingerprint density at radius 2 is 2.35 bits per heavy atom. The first-order valence-corrected chi connectivity index (χ1v) is 7.94. The summed E-state index contributed by atoms with van der Waals surface area (Å²) in [5.74, 6) is -0.0594. The van der Waals surface area contributed by atoms with Gasteiger partial charge in [-0.05, 0) is 0 Å². The molecule has 0 aromatic carbocycles. The van der Waals surface area contributed by atoms with Gasteiger partial charge < -0.3 is 10.1 Å². The first kappa shape index (κ1) is 15.0. The van der Waals surface area contributed by atoms with Gasteiger partial charge >= 0.3 is 0 Å². The van der Waals surface area contributed by atoms with Gasteiger partial charge in [-0.2, -0.15) is 5.10 Å². The van der Waals surface area contributed by atoms with E-state index in [0.29, 0.717) is 18.8 Å². The van der Waals surface area contributed by atoms with Crippen LogP contribution in [0.2, 0.25) is 5.02 Å². The standard InChI is InChI=1S/C11H14ClN3O4S/c1-19-4-3-15-11(16)10(12)9(6-13-15)14-8-2-5-20(17,18)7-8/h2,5-6,8,14H,3-4,7H2,1H3. The molecule has 0 aliphatic carbocycles. The molecule has 0 radical (unpaired) electrons. The molecule has 2 heterocycles. The summed E-state index contributed by atoms with van der Waals surface area (Å²) in [5.41, 5.74) is -0.129. The normalized spacial score (nSPS) is 20.2. The van der Waals surface area contributed by atoms with Crippen molar-refractivity contribution in [2.75, 3.05) is 24.8 Å². The molecule has 110 valence electrons. The van der Waals surface area contributed by atoms with Crippen molar-refractivity contribution in [3.8, 4) is 0 Å². The van der Waals surface area contributed by atoms with E-state index >= 15 is 0 Å². The lowest BCUT2D eigenvalue weighted by atomic mass is 10.3. The highest BCUT2D eigenvalue weighted by molar-refractivity contribution is 7.94. The molecule has 2 rings (SSSR count). The van der Waals surface area contributed by atoms with Crippen LogP contribution in [0, 0.1) is 0 Å². The van der Waals surface area contributed by atoms with Gasteiger partial charge in [0, 0.05) is 12.5 Å². The van der Waals surface area contributed by atoms with Crippen molar-refractivity contribution in [3.05, 3.63) is 33.1 Å². The quantitative estimate of drug-likeness (QED) is 0.837. The van der Waals surface area contributed by atoms with Gasteiger partial charge in [-0.25, -0.2) is 13.1 Å². The molecule has 1 N–H and O–H groups in total. The van der Waals surface area contributed by atoms with E-state index in [-0.39, 0.29) is 10.8 Å². The number of anilines is 1. The van der Waals surface area contributed by atoms with Gasteiger partial charge in [0.15, 0.2) is 9.84 Å². The third-order valence-corrected chi connectivity index (χ3v) is 4.52. The molecule has 0 fully saturated rings. The SMILES string of the molecule is COCCn1ncc(NC2C=CS(=O)(=O)C2)c(Cl)c1=O. The Morgan fingerprint density at radius 1 is 1.60 bits per heavy atom. The summed E-state index contributed by atoms with van der Waals surface area (Å²) >= 11 is 5.98. The molecule has 0 saturated carbocycles. The molecule has 9 heteroatoms. The molecular weight excluding hydrogens is 306 g/mol. The van der Waals surface area contributed by atoms with Crippen LogP contribution in [-0.2, 0) is 21.1 Å². The minimum absolute atomic E-state index is 0.0196. The molecule has 1 aromatic heterocycles. The lowest BCUT2D eigenvalue weighted by Gasteiger charge is -2.13. The van der Waals surface area contributed by atoms with Crippen LogP contribution in [0.25, 0.3) is 0 Å². The lowest BCUT2D eigenvalue weighted by Crippen LogP contribution is -2.28. The monoisotopic (exact) mass is 319 g/mol. The molecule has 0 saturated heterocycles. The van der Waals surface area contributed by atoms with E-state index in [2.05, 4.69) is 10.4 Å². The van der Waals surface area contributed by atoms with Crippen LogP contribution in [0.1, 0.15) is 0 Å². The second kappa shape index (κ2) is 5.94. The lowest BCUT2D eigenvalue weighted by molar-refractivity contribution is 0.182. The van der Waals surface area contributed by atoms with E-state index in [0.717, 1.165) is 5.41 Å². The summed E-state index contributed by atoms with van der Waals surface area (Å²) in [6.45, 7) is 0.645. The Morgan fingerprint density at radius 3 is 2.95 bits per heavy atom. The fourth-order valence-corrected chi connectivity index (χ4v) is 3.20. The van der Waals surface area contributed by atoms with Gasteiger partial charge in [0.05, 0.1) is 36.8 Å². The first-order valence-electron chi connectivity index (χ1n) is 5.85. The largest absolute Gasteiger partial charge is 0.383 e. The molecule has 1 atom stereocenters. The predicted molar refractivity (Wildman–Crippen MR) is 75.7 cm³/mol. The fraction of sp³-hybridized carbons (Fsp3) is 0.455. The Kier molecular flexibility index (Phi) is 4.46. The number of methoxy groups -OCH3 is 1. The summed E-state index contributed by atoms with van der Waals surface area (Å²) in [6.07, 6.45) is 2.92. The highest BCUT2D eigenvalue weighted by Gasteiger charge is 2.22. The van der Waals surface area contributed by atoms with E-state index in [9.17, 15) is 13.2 Å². The number of nitrogens with zero attached hydrogens (tertiary/aromatic N) is 2. The van der Waals surface area contributed by atoms with Crippen LogP contribution in [-0.4, -0.2) is 43.7 Å². The van der Waals surface area contributed by atoms with Gasteiger partial charge in [-0.1, -0.05) is 17.7 Å². The van der Waals surface area contributed by atoms with E-state index in [1.807, 2.05) is 0 Å². The topological polar surface area (TPSA) is 90.3 Å². The zero-order valence-electron chi connectivity index (χ0n) is 10.7. The summed E-state index contributed by atoms with van der Waals surface area (Å²) < 4.78 is 28.7. The number of aromatic nitrogens is 2. The Hall–Kier alpha value is -1.38. The third-order valence-electron chi connectivity index (χ3n) is 2.76. The highest BCUT2D eigenvalue weighted by atomic mass is 35.5. The van der Waals surface area contributed by atoms with E-state index in [1.54, 1.807) is 0 Å². The summed E-state index contributed by atoms with van der Waals surface area (Å²) in [7, 11) is -1.64. The van der Waals surface area contributed by atoms with E-state index in [4.69, 9.17) is 16.3 Å².